The van der Waals surface area contributed by atoms with Gasteiger partial charge in [0.15, 0.2) is 11.0 Å². The molecule has 0 aliphatic carbocycles. The summed E-state index contributed by atoms with van der Waals surface area (Å²) >= 11 is 11.1. The first kappa shape index (κ1) is 18.9. The molecule has 0 unspecified atom stereocenters. The average molecular weight is 394 g/mol. The number of nitrogens with one attached hydrogen (secondary N) is 2. The number of carbonyl (C=O) groups excluding carboxylic acids is 2. The minimum atomic E-state index is -0.964. The monoisotopic (exact) mass is 393 g/mol. The number of aliphatic imine (C=N–C) groups is 1. The topological polar surface area (TPSA) is 66.2 Å². The Morgan fingerprint density at radius 2 is 1.92 bits per heavy atom. The van der Waals surface area contributed by atoms with Gasteiger partial charge >= 0.3 is 0 Å². The Bertz CT molecular complexity index is 716. The van der Waals surface area contributed by atoms with Crippen molar-refractivity contribution in [3.63, 3.8) is 0 Å². The lowest BCUT2D eigenvalue weighted by Crippen LogP contribution is -3.13. The first-order valence-corrected chi connectivity index (χ1v) is 9.63. The molecule has 0 saturated carbocycles. The molecule has 138 valence electrons. The summed E-state index contributed by atoms with van der Waals surface area (Å²) in [6.45, 7) is 3.89. The fourth-order valence-corrected chi connectivity index (χ4v) is 3.68. The Balaban J connectivity index is 1.65. The first-order chi connectivity index (χ1) is 12.6. The minimum absolute atomic E-state index is 0.0738. The van der Waals surface area contributed by atoms with E-state index < -0.39 is 17.7 Å². The maximum Gasteiger partial charge on any atom is 0.251 e. The van der Waals surface area contributed by atoms with Gasteiger partial charge in [0, 0.05) is 11.2 Å². The number of likely N-dealkylation sites (tertiary alicyclic amines) is 1. The molecular formula is C18H22ClN4O2S+. The van der Waals surface area contributed by atoms with Crippen LogP contribution in [-0.4, -0.2) is 49.3 Å². The summed E-state index contributed by atoms with van der Waals surface area (Å²) in [5, 5.41) is 3.22. The maximum absolute atomic E-state index is 12.8. The number of carbonyl (C=O) groups is 2. The third-order valence-corrected chi connectivity index (χ3v) is 5.23. The van der Waals surface area contributed by atoms with Gasteiger partial charge in [0.05, 0.1) is 31.9 Å². The Labute approximate surface area is 163 Å². The fraction of sp³-hybridized carbons (Fsp3) is 0.444. The third-order valence-electron chi connectivity index (χ3n) is 4.70. The molecule has 6 nitrogen and oxygen atoms in total. The molecule has 0 bridgehead atoms. The van der Waals surface area contributed by atoms with Crippen LogP contribution in [0.5, 0.6) is 0 Å². The Morgan fingerprint density at radius 1 is 1.23 bits per heavy atom. The second-order valence-electron chi connectivity index (χ2n) is 6.54. The van der Waals surface area contributed by atoms with Crippen LogP contribution < -0.4 is 15.1 Å². The van der Waals surface area contributed by atoms with E-state index in [0.717, 1.165) is 6.54 Å². The van der Waals surface area contributed by atoms with Crippen molar-refractivity contribution < 1.29 is 14.5 Å². The lowest BCUT2D eigenvalue weighted by molar-refractivity contribution is -0.903. The highest BCUT2D eigenvalue weighted by atomic mass is 35.5. The normalized spacial score (nSPS) is 22.1. The lowest BCUT2D eigenvalue weighted by atomic mass is 10.1. The molecule has 0 spiro atoms. The van der Waals surface area contributed by atoms with Crippen LogP contribution in [0, 0.1) is 5.92 Å². The number of hydrogen-bond acceptors (Lipinski definition) is 4. The van der Waals surface area contributed by atoms with Gasteiger partial charge < -0.3 is 10.2 Å². The zero-order chi connectivity index (χ0) is 18.5. The predicted octanol–water partition coefficient (Wildman–Crippen LogP) is 0.843. The van der Waals surface area contributed by atoms with Crippen molar-refractivity contribution in [2.75, 3.05) is 31.1 Å². The molecule has 2 aliphatic rings. The van der Waals surface area contributed by atoms with Gasteiger partial charge in [0.25, 0.3) is 5.91 Å². The summed E-state index contributed by atoms with van der Waals surface area (Å²) in [7, 11) is 0. The molecule has 0 radical (unpaired) electrons. The van der Waals surface area contributed by atoms with Crippen molar-refractivity contribution in [2.45, 2.75) is 19.3 Å². The zero-order valence-electron chi connectivity index (χ0n) is 14.4. The van der Waals surface area contributed by atoms with E-state index in [1.54, 1.807) is 24.3 Å². The summed E-state index contributed by atoms with van der Waals surface area (Å²) in [6.07, 6.45) is 5.28. The van der Waals surface area contributed by atoms with E-state index in [0.29, 0.717) is 17.3 Å². The number of thiocarbonyl (C=S) groups is 1. The second-order valence-corrected chi connectivity index (χ2v) is 7.36. The Morgan fingerprint density at radius 3 is 2.62 bits per heavy atom. The van der Waals surface area contributed by atoms with Crippen LogP contribution >= 0.6 is 23.8 Å². The van der Waals surface area contributed by atoms with Crippen molar-refractivity contribution >= 4 is 52.6 Å². The lowest BCUT2D eigenvalue weighted by Gasteiger charge is -2.31. The third kappa shape index (κ3) is 4.47. The van der Waals surface area contributed by atoms with Gasteiger partial charge in [-0.3, -0.25) is 19.5 Å². The van der Waals surface area contributed by atoms with Crippen LogP contribution in [0.2, 0.25) is 5.02 Å². The summed E-state index contributed by atoms with van der Waals surface area (Å²) in [6, 6.07) is 6.73. The van der Waals surface area contributed by atoms with Crippen LogP contribution in [0.1, 0.15) is 19.3 Å². The van der Waals surface area contributed by atoms with Crippen LogP contribution in [-0.2, 0) is 9.59 Å². The molecule has 0 aromatic heterocycles. The number of amides is 2. The zero-order valence-corrected chi connectivity index (χ0v) is 16.0. The quantitative estimate of drug-likeness (QED) is 0.442. The number of piperidine rings is 1. The molecular weight excluding hydrogens is 372 g/mol. The molecule has 1 atom stereocenters. The average Bonchev–Trinajstić information content (AvgIpc) is 2.63. The number of rotatable bonds is 5. The van der Waals surface area contributed by atoms with E-state index in [1.165, 1.54) is 48.4 Å². The predicted molar refractivity (Wildman–Crippen MR) is 106 cm³/mol. The summed E-state index contributed by atoms with van der Waals surface area (Å²) in [5.41, 5.74) is 0.570. The highest BCUT2D eigenvalue weighted by Gasteiger charge is 2.38. The van der Waals surface area contributed by atoms with Crippen molar-refractivity contribution in [1.82, 2.24) is 5.32 Å². The van der Waals surface area contributed by atoms with Crippen LogP contribution in [0.3, 0.4) is 0 Å². The Kier molecular flexibility index (Phi) is 6.34. The fourth-order valence-electron chi connectivity index (χ4n) is 3.26. The number of benzene rings is 1. The number of anilines is 1. The van der Waals surface area contributed by atoms with E-state index in [4.69, 9.17) is 23.8 Å². The molecule has 2 fully saturated rings. The molecule has 2 saturated heterocycles. The molecule has 2 N–H and O–H groups in total. The van der Waals surface area contributed by atoms with Gasteiger partial charge in [0.1, 0.15) is 0 Å². The molecule has 1 aromatic carbocycles. The van der Waals surface area contributed by atoms with Crippen LogP contribution in [0.15, 0.2) is 29.3 Å². The Hall–Kier alpha value is -1.83. The number of nitrogens with zero attached hydrogens (tertiary/aromatic N) is 2. The standard InChI is InChI=1S/C18H21ClN4O2S/c19-13-4-6-14(7-5-13)23-17(25)15(16(24)21-18(23)26)12-20-8-11-22-9-2-1-3-10-22/h4-7,12,15H,1-3,8-11H2,(H,21,24,26)/p+1/t15-/m1/s1. The molecule has 8 heteroatoms. The number of hydrogen-bond donors (Lipinski definition) is 2. The van der Waals surface area contributed by atoms with E-state index >= 15 is 0 Å². The van der Waals surface area contributed by atoms with Gasteiger partial charge in [0.2, 0.25) is 5.91 Å². The van der Waals surface area contributed by atoms with Crippen molar-refractivity contribution in [3.05, 3.63) is 29.3 Å². The SMILES string of the molecule is O=C1NC(=S)N(c2ccc(Cl)cc2)C(=O)[C@@H]1C=NCC[NH+]1CCCCC1. The first-order valence-electron chi connectivity index (χ1n) is 8.84. The highest BCUT2D eigenvalue weighted by molar-refractivity contribution is 7.80. The van der Waals surface area contributed by atoms with E-state index in [2.05, 4.69) is 10.3 Å². The van der Waals surface area contributed by atoms with E-state index in [1.807, 2.05) is 0 Å². The molecule has 2 heterocycles. The smallest absolute Gasteiger partial charge is 0.251 e. The van der Waals surface area contributed by atoms with Crippen molar-refractivity contribution in [3.8, 4) is 0 Å². The van der Waals surface area contributed by atoms with E-state index in [-0.39, 0.29) is 5.11 Å². The molecule has 26 heavy (non-hydrogen) atoms. The van der Waals surface area contributed by atoms with Crippen LogP contribution in [0.4, 0.5) is 5.69 Å². The van der Waals surface area contributed by atoms with Gasteiger partial charge in [-0.25, -0.2) is 0 Å². The van der Waals surface area contributed by atoms with Gasteiger partial charge in [-0.15, -0.1) is 0 Å². The summed E-state index contributed by atoms with van der Waals surface area (Å²) in [4.78, 5) is 32.2. The molecule has 3 rings (SSSR count). The molecule has 2 amide bonds. The maximum atomic E-state index is 12.8. The second kappa shape index (κ2) is 8.70. The molecule has 1 aromatic rings. The summed E-state index contributed by atoms with van der Waals surface area (Å²) in [5.74, 6) is -1.79. The van der Waals surface area contributed by atoms with Crippen LogP contribution in [0.25, 0.3) is 0 Å². The summed E-state index contributed by atoms with van der Waals surface area (Å²) < 4.78 is 0. The number of quaternary nitrogens is 1. The highest BCUT2D eigenvalue weighted by Crippen LogP contribution is 2.22. The number of halogens is 1. The van der Waals surface area contributed by atoms with Gasteiger partial charge in [-0.1, -0.05) is 11.6 Å². The molecule has 2 aliphatic heterocycles. The minimum Gasteiger partial charge on any atom is -0.333 e. The van der Waals surface area contributed by atoms with Crippen molar-refractivity contribution in [2.24, 2.45) is 10.9 Å². The van der Waals surface area contributed by atoms with Crippen molar-refractivity contribution in [1.29, 1.82) is 0 Å². The van der Waals surface area contributed by atoms with Gasteiger partial charge in [-0.05, 0) is 55.7 Å². The van der Waals surface area contributed by atoms with Gasteiger partial charge in [-0.2, -0.15) is 0 Å². The van der Waals surface area contributed by atoms with E-state index in [9.17, 15) is 9.59 Å². The largest absolute Gasteiger partial charge is 0.333 e.